The summed E-state index contributed by atoms with van der Waals surface area (Å²) < 4.78 is 40.0. The third-order valence-electron chi connectivity index (χ3n) is 4.18. The third kappa shape index (κ3) is 2.24. The van der Waals surface area contributed by atoms with E-state index in [1.54, 1.807) is 0 Å². The fourth-order valence-corrected chi connectivity index (χ4v) is 3.01. The first-order valence-corrected chi connectivity index (χ1v) is 7.37. The fourth-order valence-electron chi connectivity index (χ4n) is 3.01. The van der Waals surface area contributed by atoms with Crippen LogP contribution in [-0.2, 0) is 6.18 Å². The van der Waals surface area contributed by atoms with Gasteiger partial charge in [0.1, 0.15) is 0 Å². The molecule has 0 saturated carbocycles. The van der Waals surface area contributed by atoms with Crippen molar-refractivity contribution < 1.29 is 13.2 Å². The van der Waals surface area contributed by atoms with Gasteiger partial charge in [-0.05, 0) is 23.8 Å². The first kappa shape index (κ1) is 14.7. The summed E-state index contributed by atoms with van der Waals surface area (Å²) in [5, 5.41) is 3.19. The minimum Gasteiger partial charge on any atom is -0.353 e. The Hall–Kier alpha value is -2.83. The summed E-state index contributed by atoms with van der Waals surface area (Å²) in [5.41, 5.74) is -0.173. The van der Waals surface area contributed by atoms with Gasteiger partial charge in [-0.3, -0.25) is 9.36 Å². The van der Waals surface area contributed by atoms with Gasteiger partial charge in [0, 0.05) is 6.54 Å². The van der Waals surface area contributed by atoms with Crippen LogP contribution in [0.25, 0.3) is 10.9 Å². The van der Waals surface area contributed by atoms with Crippen LogP contribution in [0.4, 0.5) is 19.1 Å². The molecule has 4 rings (SSSR count). The molecule has 1 unspecified atom stereocenters. The Labute approximate surface area is 134 Å². The lowest BCUT2D eigenvalue weighted by Gasteiger charge is -2.14. The van der Waals surface area contributed by atoms with E-state index in [0.29, 0.717) is 12.5 Å². The summed E-state index contributed by atoms with van der Waals surface area (Å²) in [4.78, 5) is 17.0. The lowest BCUT2D eigenvalue weighted by Crippen LogP contribution is -2.24. The molecule has 0 amide bonds. The summed E-state index contributed by atoms with van der Waals surface area (Å²) in [6.45, 7) is 0.467. The van der Waals surface area contributed by atoms with Crippen molar-refractivity contribution in [2.75, 3.05) is 11.9 Å². The number of aromatic nitrogens is 2. The highest BCUT2D eigenvalue weighted by Crippen LogP contribution is 2.32. The highest BCUT2D eigenvalue weighted by atomic mass is 19.4. The second-order valence-electron chi connectivity index (χ2n) is 5.65. The van der Waals surface area contributed by atoms with Crippen molar-refractivity contribution in [3.63, 3.8) is 0 Å². The quantitative estimate of drug-likeness (QED) is 0.743. The average molecular weight is 331 g/mol. The number of fused-ring (bicyclic) bond motifs is 2. The van der Waals surface area contributed by atoms with Crippen LogP contribution in [0.1, 0.15) is 17.2 Å². The van der Waals surface area contributed by atoms with Gasteiger partial charge in [0.05, 0.1) is 22.5 Å². The molecule has 0 fully saturated rings. The van der Waals surface area contributed by atoms with E-state index in [2.05, 4.69) is 10.3 Å². The molecule has 0 saturated heterocycles. The van der Waals surface area contributed by atoms with E-state index in [0.717, 1.165) is 17.7 Å². The number of anilines is 1. The summed E-state index contributed by atoms with van der Waals surface area (Å²) in [5.74, 6) is 0.292. The zero-order chi connectivity index (χ0) is 16.9. The Morgan fingerprint density at radius 2 is 1.88 bits per heavy atom. The molecular weight excluding hydrogens is 319 g/mol. The minimum atomic E-state index is -4.47. The Morgan fingerprint density at radius 1 is 1.12 bits per heavy atom. The van der Waals surface area contributed by atoms with Gasteiger partial charge in [-0.2, -0.15) is 13.2 Å². The molecular formula is C17H12F3N3O. The van der Waals surface area contributed by atoms with E-state index in [9.17, 15) is 18.0 Å². The Morgan fingerprint density at radius 3 is 2.58 bits per heavy atom. The maximum absolute atomic E-state index is 12.8. The lowest BCUT2D eigenvalue weighted by atomic mass is 10.1. The Balaban J connectivity index is 1.91. The van der Waals surface area contributed by atoms with Gasteiger partial charge < -0.3 is 5.32 Å². The molecule has 1 aliphatic heterocycles. The normalized spacial score (nSPS) is 16.9. The van der Waals surface area contributed by atoms with Crippen molar-refractivity contribution in [1.29, 1.82) is 0 Å². The minimum absolute atomic E-state index is 0.0438. The van der Waals surface area contributed by atoms with Crippen molar-refractivity contribution in [1.82, 2.24) is 9.55 Å². The van der Waals surface area contributed by atoms with Crippen LogP contribution < -0.4 is 10.9 Å². The van der Waals surface area contributed by atoms with E-state index < -0.39 is 11.7 Å². The van der Waals surface area contributed by atoms with E-state index in [-0.39, 0.29) is 22.5 Å². The van der Waals surface area contributed by atoms with Gasteiger partial charge >= 0.3 is 6.18 Å². The molecule has 0 bridgehead atoms. The molecule has 24 heavy (non-hydrogen) atoms. The van der Waals surface area contributed by atoms with Gasteiger partial charge in [0.25, 0.3) is 5.56 Å². The van der Waals surface area contributed by atoms with Gasteiger partial charge in [0.2, 0.25) is 5.95 Å². The lowest BCUT2D eigenvalue weighted by molar-refractivity contribution is -0.137. The van der Waals surface area contributed by atoms with Crippen molar-refractivity contribution in [2.24, 2.45) is 0 Å². The molecule has 1 N–H and O–H groups in total. The predicted molar refractivity (Wildman–Crippen MR) is 84.1 cm³/mol. The van der Waals surface area contributed by atoms with E-state index in [4.69, 9.17) is 0 Å². The molecule has 3 aromatic rings. The second kappa shape index (κ2) is 5.09. The monoisotopic (exact) mass is 331 g/mol. The van der Waals surface area contributed by atoms with E-state index in [1.807, 2.05) is 30.3 Å². The molecule has 4 nitrogen and oxygen atoms in total. The van der Waals surface area contributed by atoms with Crippen molar-refractivity contribution in [3.05, 3.63) is 70.0 Å². The van der Waals surface area contributed by atoms with Crippen LogP contribution in [0.2, 0.25) is 0 Å². The maximum atomic E-state index is 12.8. The Kier molecular flexibility index (Phi) is 3.13. The molecule has 0 spiro atoms. The summed E-state index contributed by atoms with van der Waals surface area (Å²) in [7, 11) is 0. The van der Waals surface area contributed by atoms with Gasteiger partial charge in [-0.25, -0.2) is 4.98 Å². The zero-order valence-corrected chi connectivity index (χ0v) is 12.3. The van der Waals surface area contributed by atoms with Crippen LogP contribution in [0.5, 0.6) is 0 Å². The van der Waals surface area contributed by atoms with Gasteiger partial charge in [-0.1, -0.05) is 30.3 Å². The van der Waals surface area contributed by atoms with E-state index in [1.165, 1.54) is 10.6 Å². The molecule has 7 heteroatoms. The fraction of sp³-hybridized carbons (Fsp3) is 0.176. The number of alkyl halides is 3. The molecule has 2 heterocycles. The average Bonchev–Trinajstić information content (AvgIpc) is 2.98. The number of rotatable bonds is 1. The summed E-state index contributed by atoms with van der Waals surface area (Å²) >= 11 is 0. The van der Waals surface area contributed by atoms with Gasteiger partial charge in [0.15, 0.2) is 0 Å². The van der Waals surface area contributed by atoms with Crippen molar-refractivity contribution in [2.45, 2.75) is 12.2 Å². The largest absolute Gasteiger partial charge is 0.416 e. The molecule has 0 radical (unpaired) electrons. The first-order chi connectivity index (χ1) is 11.4. The number of nitrogens with zero attached hydrogens (tertiary/aromatic N) is 2. The molecule has 1 aliphatic rings. The van der Waals surface area contributed by atoms with Crippen LogP contribution in [0.15, 0.2) is 53.3 Å². The predicted octanol–water partition coefficient (Wildman–Crippen LogP) is 3.43. The third-order valence-corrected chi connectivity index (χ3v) is 4.18. The van der Waals surface area contributed by atoms with Gasteiger partial charge in [-0.15, -0.1) is 0 Å². The molecule has 122 valence electrons. The van der Waals surface area contributed by atoms with Crippen LogP contribution in [0, 0.1) is 0 Å². The summed E-state index contributed by atoms with van der Waals surface area (Å²) in [6, 6.07) is 12.2. The van der Waals surface area contributed by atoms with Crippen LogP contribution >= 0.6 is 0 Å². The summed E-state index contributed by atoms with van der Waals surface area (Å²) in [6.07, 6.45) is -4.47. The molecule has 1 aromatic heterocycles. The van der Waals surface area contributed by atoms with Crippen LogP contribution in [0.3, 0.4) is 0 Å². The SMILES string of the molecule is O=c1c2ccc(C(F)(F)F)cc2nc2n1C(c1ccccc1)CN2. The topological polar surface area (TPSA) is 46.9 Å². The Bertz CT molecular complexity index is 980. The number of nitrogens with one attached hydrogen (secondary N) is 1. The second-order valence-corrected chi connectivity index (χ2v) is 5.65. The highest BCUT2D eigenvalue weighted by Gasteiger charge is 2.32. The molecule has 0 aliphatic carbocycles. The molecule has 1 atom stereocenters. The number of hydrogen-bond donors (Lipinski definition) is 1. The first-order valence-electron chi connectivity index (χ1n) is 7.37. The van der Waals surface area contributed by atoms with E-state index >= 15 is 0 Å². The number of benzene rings is 2. The maximum Gasteiger partial charge on any atom is 0.416 e. The smallest absolute Gasteiger partial charge is 0.353 e. The van der Waals surface area contributed by atoms with Crippen molar-refractivity contribution in [3.8, 4) is 0 Å². The standard InChI is InChI=1S/C17H12F3N3O/c18-17(19,20)11-6-7-12-13(8-11)22-16-21-9-14(23(16)15(12)24)10-4-2-1-3-5-10/h1-8,14H,9H2,(H,21,22). The van der Waals surface area contributed by atoms with Crippen molar-refractivity contribution >= 4 is 16.9 Å². The van der Waals surface area contributed by atoms with Crippen LogP contribution in [-0.4, -0.2) is 16.1 Å². The molecule has 2 aromatic carbocycles. The zero-order valence-electron chi connectivity index (χ0n) is 12.3. The highest BCUT2D eigenvalue weighted by molar-refractivity contribution is 5.80. The number of hydrogen-bond acceptors (Lipinski definition) is 3. The number of halogens is 3.